The standard InChI is InChI=1S/C18H20N2O2/c1-11-9-14(10-13-5-8-16(21)20-18(11)13)17(19)12-3-6-15(22-2)7-4-12/h3-4,6-7,9-10,17H,5,8,19H2,1-2H3,(H,20,21). The first-order chi connectivity index (χ1) is 10.6. The Balaban J connectivity index is 1.94. The van der Waals surface area contributed by atoms with Gasteiger partial charge in [0, 0.05) is 12.1 Å². The van der Waals surface area contributed by atoms with E-state index in [1.807, 2.05) is 31.2 Å². The van der Waals surface area contributed by atoms with E-state index >= 15 is 0 Å². The molecular formula is C18H20N2O2. The van der Waals surface area contributed by atoms with Crippen molar-refractivity contribution in [2.24, 2.45) is 5.73 Å². The van der Waals surface area contributed by atoms with Crippen LogP contribution in [0.1, 0.15) is 34.7 Å². The van der Waals surface area contributed by atoms with Crippen LogP contribution < -0.4 is 15.8 Å². The number of hydrogen-bond donors (Lipinski definition) is 2. The Morgan fingerprint density at radius 2 is 1.86 bits per heavy atom. The molecule has 1 amide bonds. The number of carbonyl (C=O) groups excluding carboxylic acids is 1. The molecule has 4 heteroatoms. The van der Waals surface area contributed by atoms with Gasteiger partial charge in [0.1, 0.15) is 5.75 Å². The average molecular weight is 296 g/mol. The summed E-state index contributed by atoms with van der Waals surface area (Å²) in [6.45, 7) is 2.01. The number of carbonyl (C=O) groups is 1. The van der Waals surface area contributed by atoms with Crippen LogP contribution in [-0.2, 0) is 11.2 Å². The fourth-order valence-corrected chi connectivity index (χ4v) is 2.90. The number of nitrogens with one attached hydrogen (secondary N) is 1. The number of nitrogens with two attached hydrogens (primary N) is 1. The van der Waals surface area contributed by atoms with E-state index in [1.165, 1.54) is 5.56 Å². The van der Waals surface area contributed by atoms with Gasteiger partial charge in [-0.25, -0.2) is 0 Å². The lowest BCUT2D eigenvalue weighted by Crippen LogP contribution is -2.21. The molecule has 114 valence electrons. The van der Waals surface area contributed by atoms with Crippen molar-refractivity contribution >= 4 is 11.6 Å². The number of benzene rings is 2. The van der Waals surface area contributed by atoms with Crippen molar-refractivity contribution in [3.63, 3.8) is 0 Å². The number of methoxy groups -OCH3 is 1. The highest BCUT2D eigenvalue weighted by molar-refractivity contribution is 5.94. The second-order valence-corrected chi connectivity index (χ2v) is 5.67. The Hall–Kier alpha value is -2.33. The van der Waals surface area contributed by atoms with Crippen LogP contribution in [0.15, 0.2) is 36.4 Å². The highest BCUT2D eigenvalue weighted by atomic mass is 16.5. The molecule has 0 spiro atoms. The molecule has 3 rings (SSSR count). The minimum atomic E-state index is -0.187. The van der Waals surface area contributed by atoms with Crippen LogP contribution >= 0.6 is 0 Å². The molecule has 0 fully saturated rings. The predicted molar refractivity (Wildman–Crippen MR) is 87.2 cm³/mol. The summed E-state index contributed by atoms with van der Waals surface area (Å²) in [5.74, 6) is 0.906. The Morgan fingerprint density at radius 3 is 2.55 bits per heavy atom. The summed E-state index contributed by atoms with van der Waals surface area (Å²) in [6.07, 6.45) is 1.30. The summed E-state index contributed by atoms with van der Waals surface area (Å²) >= 11 is 0. The van der Waals surface area contributed by atoms with Gasteiger partial charge in [-0.1, -0.05) is 24.3 Å². The molecule has 0 saturated carbocycles. The zero-order valence-corrected chi connectivity index (χ0v) is 12.8. The van der Waals surface area contributed by atoms with Crippen LogP contribution in [0.2, 0.25) is 0 Å². The van der Waals surface area contributed by atoms with Crippen molar-refractivity contribution in [2.45, 2.75) is 25.8 Å². The van der Waals surface area contributed by atoms with Crippen molar-refractivity contribution in [2.75, 3.05) is 12.4 Å². The zero-order valence-electron chi connectivity index (χ0n) is 12.8. The lowest BCUT2D eigenvalue weighted by molar-refractivity contribution is -0.116. The Morgan fingerprint density at radius 1 is 1.14 bits per heavy atom. The van der Waals surface area contributed by atoms with E-state index in [2.05, 4.69) is 17.4 Å². The van der Waals surface area contributed by atoms with Crippen LogP contribution in [0, 0.1) is 6.92 Å². The third kappa shape index (κ3) is 2.70. The summed E-state index contributed by atoms with van der Waals surface area (Å²) in [5, 5.41) is 2.95. The van der Waals surface area contributed by atoms with Crippen molar-refractivity contribution in [3.8, 4) is 5.75 Å². The third-order valence-corrected chi connectivity index (χ3v) is 4.16. The fourth-order valence-electron chi connectivity index (χ4n) is 2.90. The largest absolute Gasteiger partial charge is 0.497 e. The smallest absolute Gasteiger partial charge is 0.224 e. The fraction of sp³-hybridized carbons (Fsp3) is 0.278. The number of aryl methyl sites for hydroxylation is 2. The van der Waals surface area contributed by atoms with Gasteiger partial charge in [-0.3, -0.25) is 4.79 Å². The molecule has 3 N–H and O–H groups in total. The van der Waals surface area contributed by atoms with E-state index in [4.69, 9.17) is 10.5 Å². The first-order valence-electron chi connectivity index (χ1n) is 7.41. The number of rotatable bonds is 3. The molecule has 4 nitrogen and oxygen atoms in total. The quantitative estimate of drug-likeness (QED) is 0.915. The monoisotopic (exact) mass is 296 g/mol. The van der Waals surface area contributed by atoms with E-state index in [-0.39, 0.29) is 11.9 Å². The summed E-state index contributed by atoms with van der Waals surface area (Å²) in [4.78, 5) is 11.5. The van der Waals surface area contributed by atoms with Crippen LogP contribution in [0.5, 0.6) is 5.75 Å². The van der Waals surface area contributed by atoms with Crippen molar-refractivity contribution in [1.82, 2.24) is 0 Å². The molecule has 1 aliphatic heterocycles. The van der Waals surface area contributed by atoms with E-state index < -0.39 is 0 Å². The molecule has 1 aliphatic rings. The van der Waals surface area contributed by atoms with E-state index in [9.17, 15) is 4.79 Å². The SMILES string of the molecule is COc1ccc(C(N)c2cc(C)c3c(c2)CCC(=O)N3)cc1. The van der Waals surface area contributed by atoms with Gasteiger partial charge >= 0.3 is 0 Å². The van der Waals surface area contributed by atoms with Gasteiger partial charge in [-0.2, -0.15) is 0 Å². The lowest BCUT2D eigenvalue weighted by atomic mass is 9.91. The van der Waals surface area contributed by atoms with Gasteiger partial charge in [-0.15, -0.1) is 0 Å². The number of amides is 1. The number of hydrogen-bond acceptors (Lipinski definition) is 3. The Kier molecular flexibility index (Phi) is 3.86. The molecule has 0 saturated heterocycles. The average Bonchev–Trinajstić information content (AvgIpc) is 2.55. The van der Waals surface area contributed by atoms with Crippen LogP contribution in [0.25, 0.3) is 0 Å². The number of ether oxygens (including phenoxy) is 1. The third-order valence-electron chi connectivity index (χ3n) is 4.16. The molecule has 1 atom stereocenters. The van der Waals surface area contributed by atoms with Crippen LogP contribution in [0.4, 0.5) is 5.69 Å². The molecule has 0 aromatic heterocycles. The first-order valence-corrected chi connectivity index (χ1v) is 7.41. The highest BCUT2D eigenvalue weighted by Crippen LogP contribution is 2.31. The van der Waals surface area contributed by atoms with Gasteiger partial charge in [0.25, 0.3) is 0 Å². The van der Waals surface area contributed by atoms with Crippen LogP contribution in [-0.4, -0.2) is 13.0 Å². The van der Waals surface area contributed by atoms with Gasteiger partial charge < -0.3 is 15.8 Å². The number of fused-ring (bicyclic) bond motifs is 1. The highest BCUT2D eigenvalue weighted by Gasteiger charge is 2.19. The molecule has 1 unspecified atom stereocenters. The second kappa shape index (κ2) is 5.81. The zero-order chi connectivity index (χ0) is 15.7. The number of anilines is 1. The summed E-state index contributed by atoms with van der Waals surface area (Å²) in [7, 11) is 1.65. The molecule has 0 aliphatic carbocycles. The first kappa shape index (κ1) is 14.6. The van der Waals surface area contributed by atoms with Crippen molar-refractivity contribution in [3.05, 3.63) is 58.7 Å². The molecule has 22 heavy (non-hydrogen) atoms. The molecule has 0 radical (unpaired) electrons. The van der Waals surface area contributed by atoms with E-state index in [0.717, 1.165) is 34.5 Å². The predicted octanol–water partition coefficient (Wildman–Crippen LogP) is 2.94. The molecule has 2 aromatic carbocycles. The van der Waals surface area contributed by atoms with E-state index in [0.29, 0.717) is 6.42 Å². The second-order valence-electron chi connectivity index (χ2n) is 5.67. The van der Waals surface area contributed by atoms with Crippen molar-refractivity contribution < 1.29 is 9.53 Å². The molecule has 2 aromatic rings. The maximum Gasteiger partial charge on any atom is 0.224 e. The minimum absolute atomic E-state index is 0.0859. The van der Waals surface area contributed by atoms with E-state index in [1.54, 1.807) is 7.11 Å². The summed E-state index contributed by atoms with van der Waals surface area (Å²) < 4.78 is 5.18. The normalized spacial score (nSPS) is 15.0. The summed E-state index contributed by atoms with van der Waals surface area (Å²) in [5.41, 5.74) is 11.7. The maximum atomic E-state index is 11.5. The molecule has 0 bridgehead atoms. The topological polar surface area (TPSA) is 64.3 Å². The summed E-state index contributed by atoms with van der Waals surface area (Å²) in [6, 6.07) is 11.8. The Labute approximate surface area is 130 Å². The van der Waals surface area contributed by atoms with Crippen LogP contribution in [0.3, 0.4) is 0 Å². The Bertz CT molecular complexity index is 708. The lowest BCUT2D eigenvalue weighted by Gasteiger charge is -2.22. The van der Waals surface area contributed by atoms with Crippen molar-refractivity contribution in [1.29, 1.82) is 0 Å². The van der Waals surface area contributed by atoms with Gasteiger partial charge in [-0.05, 0) is 47.7 Å². The maximum absolute atomic E-state index is 11.5. The van der Waals surface area contributed by atoms with Gasteiger partial charge in [0.05, 0.1) is 13.2 Å². The molecular weight excluding hydrogens is 276 g/mol. The van der Waals surface area contributed by atoms with Gasteiger partial charge in [0.15, 0.2) is 0 Å². The minimum Gasteiger partial charge on any atom is -0.497 e. The van der Waals surface area contributed by atoms with Gasteiger partial charge in [0.2, 0.25) is 5.91 Å². The molecule has 1 heterocycles.